The minimum atomic E-state index is -0.225. The molecule has 0 aromatic heterocycles. The maximum absolute atomic E-state index is 13.8. The molecule has 0 bridgehead atoms. The predicted molar refractivity (Wildman–Crippen MR) is 85.2 cm³/mol. The Bertz CT molecular complexity index is 699. The van der Waals surface area contributed by atoms with Crippen LogP contribution in [0.3, 0.4) is 0 Å². The van der Waals surface area contributed by atoms with Crippen molar-refractivity contribution in [2.24, 2.45) is 5.92 Å². The van der Waals surface area contributed by atoms with Crippen LogP contribution in [0.5, 0.6) is 0 Å². The van der Waals surface area contributed by atoms with Crippen molar-refractivity contribution >= 4 is 17.5 Å². The van der Waals surface area contributed by atoms with Gasteiger partial charge in [0.15, 0.2) is 0 Å². The van der Waals surface area contributed by atoms with E-state index in [0.717, 1.165) is 5.56 Å². The zero-order chi connectivity index (χ0) is 15.7. The number of carbonyl (C=O) groups is 1. The number of benzene rings is 2. The fourth-order valence-corrected chi connectivity index (χ4v) is 3.03. The third-order valence-corrected chi connectivity index (χ3v) is 4.52. The van der Waals surface area contributed by atoms with E-state index in [4.69, 9.17) is 11.6 Å². The zero-order valence-electron chi connectivity index (χ0n) is 12.3. The second kappa shape index (κ2) is 6.09. The molecule has 2 aromatic carbocycles. The summed E-state index contributed by atoms with van der Waals surface area (Å²) < 4.78 is 13.8. The van der Waals surface area contributed by atoms with Gasteiger partial charge >= 0.3 is 0 Å². The molecule has 0 spiro atoms. The summed E-state index contributed by atoms with van der Waals surface area (Å²) in [6.45, 7) is 0.471. The first-order valence-corrected chi connectivity index (χ1v) is 7.68. The van der Waals surface area contributed by atoms with Gasteiger partial charge in [0.1, 0.15) is 5.82 Å². The van der Waals surface area contributed by atoms with E-state index in [1.807, 2.05) is 30.3 Å². The minimum absolute atomic E-state index is 0.00222. The van der Waals surface area contributed by atoms with Gasteiger partial charge in [-0.25, -0.2) is 4.39 Å². The largest absolute Gasteiger partial charge is 0.341 e. The second-order valence-corrected chi connectivity index (χ2v) is 6.16. The quantitative estimate of drug-likeness (QED) is 0.826. The highest BCUT2D eigenvalue weighted by molar-refractivity contribution is 6.31. The summed E-state index contributed by atoms with van der Waals surface area (Å²) in [5, 5.41) is 0.656. The van der Waals surface area contributed by atoms with E-state index in [0.29, 0.717) is 23.6 Å². The topological polar surface area (TPSA) is 20.3 Å². The van der Waals surface area contributed by atoms with Gasteiger partial charge in [-0.2, -0.15) is 0 Å². The number of nitrogens with zero attached hydrogens (tertiary/aromatic N) is 1. The lowest BCUT2D eigenvalue weighted by molar-refractivity contribution is -0.131. The summed E-state index contributed by atoms with van der Waals surface area (Å²) in [5.41, 5.74) is 1.56. The number of halogens is 2. The average molecular weight is 318 g/mol. The van der Waals surface area contributed by atoms with Crippen molar-refractivity contribution in [1.82, 2.24) is 4.90 Å². The first-order chi connectivity index (χ1) is 10.6. The summed E-state index contributed by atoms with van der Waals surface area (Å²) >= 11 is 6.13. The van der Waals surface area contributed by atoms with Gasteiger partial charge in [0.2, 0.25) is 5.91 Å². The molecule has 22 heavy (non-hydrogen) atoms. The standard InChI is InChI=1S/C18H17ClFNO/c1-21(11-12-6-2-4-8-16(12)19)18(22)15-10-14(15)13-7-3-5-9-17(13)20/h2-9,14-15H,10-11H2,1H3. The van der Waals surface area contributed by atoms with Crippen LogP contribution in [0.4, 0.5) is 4.39 Å². The molecule has 0 N–H and O–H groups in total. The van der Waals surface area contributed by atoms with Gasteiger partial charge in [-0.05, 0) is 35.6 Å². The lowest BCUT2D eigenvalue weighted by atomic mass is 10.1. The van der Waals surface area contributed by atoms with Crippen molar-refractivity contribution in [3.63, 3.8) is 0 Å². The molecule has 2 atom stereocenters. The Kier molecular flexibility index (Phi) is 4.16. The van der Waals surface area contributed by atoms with Crippen LogP contribution in [0, 0.1) is 11.7 Å². The van der Waals surface area contributed by atoms with Gasteiger partial charge in [-0.3, -0.25) is 4.79 Å². The molecular weight excluding hydrogens is 301 g/mol. The van der Waals surface area contributed by atoms with Gasteiger partial charge in [0.25, 0.3) is 0 Å². The predicted octanol–water partition coefficient (Wildman–Crippen LogP) is 4.24. The van der Waals surface area contributed by atoms with E-state index in [2.05, 4.69) is 0 Å². The normalized spacial score (nSPS) is 19.8. The summed E-state index contributed by atoms with van der Waals surface area (Å²) in [6, 6.07) is 14.2. The van der Waals surface area contributed by atoms with Gasteiger partial charge in [0.05, 0.1) is 0 Å². The molecular formula is C18H17ClFNO. The third-order valence-electron chi connectivity index (χ3n) is 4.15. The molecule has 1 amide bonds. The van der Waals surface area contributed by atoms with Crippen molar-refractivity contribution in [2.45, 2.75) is 18.9 Å². The molecule has 1 aliphatic rings. The summed E-state index contributed by atoms with van der Waals surface area (Å²) in [6.07, 6.45) is 0.715. The fraction of sp³-hybridized carbons (Fsp3) is 0.278. The molecule has 1 aliphatic carbocycles. The Labute approximate surface area is 134 Å². The van der Waals surface area contributed by atoms with Crippen molar-refractivity contribution in [3.05, 3.63) is 70.5 Å². The molecule has 0 radical (unpaired) electrons. The second-order valence-electron chi connectivity index (χ2n) is 5.76. The van der Waals surface area contributed by atoms with Crippen LogP contribution in [0.1, 0.15) is 23.5 Å². The molecule has 1 fully saturated rings. The number of hydrogen-bond acceptors (Lipinski definition) is 1. The highest BCUT2D eigenvalue weighted by Gasteiger charge is 2.46. The van der Waals surface area contributed by atoms with E-state index in [-0.39, 0.29) is 23.6 Å². The SMILES string of the molecule is CN(Cc1ccccc1Cl)C(=O)C1CC1c1ccccc1F. The smallest absolute Gasteiger partial charge is 0.226 e. The molecule has 4 heteroatoms. The molecule has 2 unspecified atom stereocenters. The lowest BCUT2D eigenvalue weighted by Gasteiger charge is -2.18. The molecule has 2 nitrogen and oxygen atoms in total. The van der Waals surface area contributed by atoms with Gasteiger partial charge in [-0.1, -0.05) is 48.0 Å². The van der Waals surface area contributed by atoms with Crippen LogP contribution in [0.15, 0.2) is 48.5 Å². The number of hydrogen-bond donors (Lipinski definition) is 0. The van der Waals surface area contributed by atoms with Crippen molar-refractivity contribution < 1.29 is 9.18 Å². The molecule has 2 aromatic rings. The number of amides is 1. The van der Waals surface area contributed by atoms with Crippen molar-refractivity contribution in [3.8, 4) is 0 Å². The summed E-state index contributed by atoms with van der Waals surface area (Å²) in [4.78, 5) is 14.1. The fourth-order valence-electron chi connectivity index (χ4n) is 2.83. The van der Waals surface area contributed by atoms with Crippen LogP contribution in [-0.4, -0.2) is 17.9 Å². The number of carbonyl (C=O) groups excluding carboxylic acids is 1. The molecule has 0 heterocycles. The van der Waals surface area contributed by atoms with Crippen LogP contribution in [0.25, 0.3) is 0 Å². The monoisotopic (exact) mass is 317 g/mol. The van der Waals surface area contributed by atoms with Gasteiger partial charge < -0.3 is 4.90 Å². The highest BCUT2D eigenvalue weighted by atomic mass is 35.5. The molecule has 0 aliphatic heterocycles. The van der Waals surface area contributed by atoms with E-state index < -0.39 is 0 Å². The molecule has 114 valence electrons. The van der Waals surface area contributed by atoms with Crippen molar-refractivity contribution in [1.29, 1.82) is 0 Å². The molecule has 0 saturated heterocycles. The Morgan fingerprint density at radius 2 is 1.91 bits per heavy atom. The first kappa shape index (κ1) is 15.0. The molecule has 1 saturated carbocycles. The first-order valence-electron chi connectivity index (χ1n) is 7.30. The maximum Gasteiger partial charge on any atom is 0.226 e. The Hall–Kier alpha value is -1.87. The summed E-state index contributed by atoms with van der Waals surface area (Å²) in [5.74, 6) is -0.295. The lowest BCUT2D eigenvalue weighted by Crippen LogP contribution is -2.28. The van der Waals surface area contributed by atoms with Crippen LogP contribution >= 0.6 is 11.6 Å². The van der Waals surface area contributed by atoms with E-state index in [1.165, 1.54) is 6.07 Å². The van der Waals surface area contributed by atoms with Crippen LogP contribution in [0.2, 0.25) is 5.02 Å². The van der Waals surface area contributed by atoms with Crippen LogP contribution in [-0.2, 0) is 11.3 Å². The zero-order valence-corrected chi connectivity index (χ0v) is 13.1. The average Bonchev–Trinajstić information content (AvgIpc) is 3.29. The maximum atomic E-state index is 13.8. The van der Waals surface area contributed by atoms with Crippen molar-refractivity contribution in [2.75, 3.05) is 7.05 Å². The van der Waals surface area contributed by atoms with E-state index >= 15 is 0 Å². The number of rotatable bonds is 4. The summed E-state index contributed by atoms with van der Waals surface area (Å²) in [7, 11) is 1.77. The Morgan fingerprint density at radius 1 is 1.23 bits per heavy atom. The van der Waals surface area contributed by atoms with E-state index in [9.17, 15) is 9.18 Å². The Balaban J connectivity index is 1.66. The van der Waals surface area contributed by atoms with Gasteiger partial charge in [-0.15, -0.1) is 0 Å². The Morgan fingerprint density at radius 3 is 2.64 bits per heavy atom. The highest BCUT2D eigenvalue weighted by Crippen LogP contribution is 2.49. The van der Waals surface area contributed by atoms with Gasteiger partial charge in [0, 0.05) is 24.5 Å². The van der Waals surface area contributed by atoms with E-state index in [1.54, 1.807) is 24.1 Å². The molecule has 3 rings (SSSR count). The minimum Gasteiger partial charge on any atom is -0.341 e. The third kappa shape index (κ3) is 3.00. The van der Waals surface area contributed by atoms with Crippen LogP contribution < -0.4 is 0 Å².